The van der Waals surface area contributed by atoms with Gasteiger partial charge in [0.05, 0.1) is 18.3 Å². The molecule has 0 aromatic heterocycles. The highest BCUT2D eigenvalue weighted by Gasteiger charge is 2.27. The molecular formula is C12H24N2O2. The fourth-order valence-electron chi connectivity index (χ4n) is 2.73. The molecule has 0 bridgehead atoms. The van der Waals surface area contributed by atoms with Crippen LogP contribution in [0.4, 0.5) is 0 Å². The number of likely N-dealkylation sites (tertiary alicyclic amines) is 2. The monoisotopic (exact) mass is 228 g/mol. The van der Waals surface area contributed by atoms with Crippen LogP contribution in [0.5, 0.6) is 0 Å². The molecule has 4 heteroatoms. The van der Waals surface area contributed by atoms with Crippen LogP contribution in [0.3, 0.4) is 0 Å². The molecule has 0 saturated carbocycles. The van der Waals surface area contributed by atoms with Crippen molar-refractivity contribution in [3.63, 3.8) is 0 Å². The number of aliphatic hydroxyl groups is 1. The molecule has 0 aromatic carbocycles. The van der Waals surface area contributed by atoms with Crippen LogP contribution in [-0.2, 0) is 4.74 Å². The molecule has 1 N–H and O–H groups in total. The first kappa shape index (κ1) is 12.3. The van der Waals surface area contributed by atoms with E-state index in [0.29, 0.717) is 6.10 Å². The molecule has 2 saturated heterocycles. The third kappa shape index (κ3) is 3.42. The van der Waals surface area contributed by atoms with Crippen molar-refractivity contribution in [2.75, 3.05) is 40.3 Å². The van der Waals surface area contributed by atoms with Gasteiger partial charge in [-0.2, -0.15) is 0 Å². The summed E-state index contributed by atoms with van der Waals surface area (Å²) < 4.78 is 6.09. The Morgan fingerprint density at radius 1 is 1.00 bits per heavy atom. The molecule has 2 aliphatic rings. The lowest BCUT2D eigenvalue weighted by Gasteiger charge is -2.37. The van der Waals surface area contributed by atoms with Crippen LogP contribution in [0.2, 0.25) is 0 Å². The van der Waals surface area contributed by atoms with E-state index in [4.69, 9.17) is 4.74 Å². The molecule has 2 rings (SSSR count). The summed E-state index contributed by atoms with van der Waals surface area (Å²) in [6.07, 6.45) is 3.48. The molecule has 0 spiro atoms. The van der Waals surface area contributed by atoms with Gasteiger partial charge in [-0.1, -0.05) is 0 Å². The van der Waals surface area contributed by atoms with Crippen LogP contribution in [0.15, 0.2) is 0 Å². The molecule has 2 unspecified atom stereocenters. The molecule has 0 amide bonds. The number of rotatable bonds is 2. The Balaban J connectivity index is 1.76. The van der Waals surface area contributed by atoms with Crippen molar-refractivity contribution >= 4 is 0 Å². The van der Waals surface area contributed by atoms with E-state index in [1.54, 1.807) is 0 Å². The number of ether oxygens (including phenoxy) is 1. The van der Waals surface area contributed by atoms with Gasteiger partial charge >= 0.3 is 0 Å². The normalized spacial score (nSPS) is 35.4. The van der Waals surface area contributed by atoms with E-state index < -0.39 is 0 Å². The largest absolute Gasteiger partial charge is 0.392 e. The topological polar surface area (TPSA) is 35.9 Å². The Bertz CT molecular complexity index is 207. The molecule has 16 heavy (non-hydrogen) atoms. The van der Waals surface area contributed by atoms with E-state index in [-0.39, 0.29) is 12.2 Å². The van der Waals surface area contributed by atoms with E-state index in [2.05, 4.69) is 16.8 Å². The highest BCUT2D eigenvalue weighted by molar-refractivity contribution is 4.80. The lowest BCUT2D eigenvalue weighted by Crippen LogP contribution is -2.47. The van der Waals surface area contributed by atoms with Gasteiger partial charge < -0.3 is 19.6 Å². The second-order valence-electron chi connectivity index (χ2n) is 5.37. The molecule has 4 nitrogen and oxygen atoms in total. The van der Waals surface area contributed by atoms with Crippen LogP contribution in [0.1, 0.15) is 19.3 Å². The van der Waals surface area contributed by atoms with Gasteiger partial charge in [-0.05, 0) is 26.9 Å². The fraction of sp³-hybridized carbons (Fsp3) is 1.00. The van der Waals surface area contributed by atoms with Crippen molar-refractivity contribution in [3.8, 4) is 0 Å². The van der Waals surface area contributed by atoms with Gasteiger partial charge in [0.15, 0.2) is 0 Å². The number of piperidine rings is 2. The predicted molar refractivity (Wildman–Crippen MR) is 63.5 cm³/mol. The highest BCUT2D eigenvalue weighted by Crippen LogP contribution is 2.19. The standard InChI is InChI=1S/C12H24N2O2/c1-13-5-3-11(4-6-13)16-12-7-10(15)8-14(2)9-12/h10-12,15H,3-9H2,1-2H3. The maximum atomic E-state index is 9.69. The van der Waals surface area contributed by atoms with E-state index in [9.17, 15) is 5.11 Å². The van der Waals surface area contributed by atoms with Gasteiger partial charge in [0.1, 0.15) is 0 Å². The number of β-amino-alcohol motifs (C(OH)–C–C–N with tert-alkyl or cyclic N) is 1. The van der Waals surface area contributed by atoms with Crippen LogP contribution >= 0.6 is 0 Å². The molecule has 94 valence electrons. The minimum Gasteiger partial charge on any atom is -0.392 e. The third-order valence-electron chi connectivity index (χ3n) is 3.62. The Morgan fingerprint density at radius 3 is 2.31 bits per heavy atom. The zero-order valence-corrected chi connectivity index (χ0v) is 10.4. The summed E-state index contributed by atoms with van der Waals surface area (Å²) >= 11 is 0. The molecule has 2 fully saturated rings. The molecule has 2 atom stereocenters. The van der Waals surface area contributed by atoms with Crippen LogP contribution in [-0.4, -0.2) is 73.5 Å². The molecular weight excluding hydrogens is 204 g/mol. The Morgan fingerprint density at radius 2 is 1.69 bits per heavy atom. The summed E-state index contributed by atoms with van der Waals surface area (Å²) in [7, 11) is 4.21. The number of hydrogen-bond donors (Lipinski definition) is 1. The van der Waals surface area contributed by atoms with Crippen LogP contribution in [0, 0.1) is 0 Å². The first-order valence-corrected chi connectivity index (χ1v) is 6.34. The van der Waals surface area contributed by atoms with E-state index in [0.717, 1.165) is 45.4 Å². The van der Waals surface area contributed by atoms with Gasteiger partial charge in [0.25, 0.3) is 0 Å². The summed E-state index contributed by atoms with van der Waals surface area (Å²) in [6, 6.07) is 0. The molecule has 0 aliphatic carbocycles. The quantitative estimate of drug-likeness (QED) is 0.730. The lowest BCUT2D eigenvalue weighted by molar-refractivity contribution is -0.0887. The van der Waals surface area contributed by atoms with Crippen molar-refractivity contribution < 1.29 is 9.84 Å². The van der Waals surface area contributed by atoms with E-state index >= 15 is 0 Å². The smallest absolute Gasteiger partial charge is 0.0730 e. The summed E-state index contributed by atoms with van der Waals surface area (Å²) in [5.41, 5.74) is 0. The van der Waals surface area contributed by atoms with E-state index in [1.807, 2.05) is 7.05 Å². The van der Waals surface area contributed by atoms with E-state index in [1.165, 1.54) is 0 Å². The number of hydrogen-bond acceptors (Lipinski definition) is 4. The third-order valence-corrected chi connectivity index (χ3v) is 3.62. The van der Waals surface area contributed by atoms with Gasteiger partial charge in [0, 0.05) is 32.6 Å². The van der Waals surface area contributed by atoms with Crippen molar-refractivity contribution in [1.82, 2.24) is 9.80 Å². The Kier molecular flexibility index (Phi) is 4.19. The second-order valence-corrected chi connectivity index (χ2v) is 5.37. The predicted octanol–water partition coefficient (Wildman–Crippen LogP) is 0.162. The van der Waals surface area contributed by atoms with Crippen molar-refractivity contribution in [1.29, 1.82) is 0 Å². The zero-order chi connectivity index (χ0) is 11.5. The Labute approximate surface area is 98.2 Å². The summed E-state index contributed by atoms with van der Waals surface area (Å²) in [5, 5.41) is 9.69. The second kappa shape index (κ2) is 5.45. The van der Waals surface area contributed by atoms with Crippen molar-refractivity contribution in [2.24, 2.45) is 0 Å². The number of nitrogens with zero attached hydrogens (tertiary/aromatic N) is 2. The lowest BCUT2D eigenvalue weighted by atomic mass is 10.0. The molecule has 2 aliphatic heterocycles. The van der Waals surface area contributed by atoms with Crippen molar-refractivity contribution in [3.05, 3.63) is 0 Å². The first-order valence-electron chi connectivity index (χ1n) is 6.34. The fourth-order valence-corrected chi connectivity index (χ4v) is 2.73. The highest BCUT2D eigenvalue weighted by atomic mass is 16.5. The first-order chi connectivity index (χ1) is 7.63. The maximum Gasteiger partial charge on any atom is 0.0730 e. The average Bonchev–Trinajstić information content (AvgIpc) is 2.20. The van der Waals surface area contributed by atoms with Crippen molar-refractivity contribution in [2.45, 2.75) is 37.6 Å². The zero-order valence-electron chi connectivity index (χ0n) is 10.4. The maximum absolute atomic E-state index is 9.69. The molecule has 0 radical (unpaired) electrons. The summed E-state index contributed by atoms with van der Waals surface area (Å²) in [6.45, 7) is 4.02. The SMILES string of the molecule is CN1CCC(OC2CC(O)CN(C)C2)CC1. The number of likely N-dealkylation sites (N-methyl/N-ethyl adjacent to an activating group) is 1. The molecule has 0 aromatic rings. The average molecular weight is 228 g/mol. The van der Waals surface area contributed by atoms with Gasteiger partial charge in [0.2, 0.25) is 0 Å². The minimum atomic E-state index is -0.213. The van der Waals surface area contributed by atoms with Crippen LogP contribution in [0.25, 0.3) is 0 Å². The Hall–Kier alpha value is -0.160. The summed E-state index contributed by atoms with van der Waals surface area (Å²) in [5.74, 6) is 0. The minimum absolute atomic E-state index is 0.213. The van der Waals surface area contributed by atoms with Crippen LogP contribution < -0.4 is 0 Å². The summed E-state index contributed by atoms with van der Waals surface area (Å²) in [4.78, 5) is 4.51. The van der Waals surface area contributed by atoms with Gasteiger partial charge in [-0.25, -0.2) is 0 Å². The number of aliphatic hydroxyl groups excluding tert-OH is 1. The molecule has 2 heterocycles. The van der Waals surface area contributed by atoms with Gasteiger partial charge in [-0.15, -0.1) is 0 Å². The van der Waals surface area contributed by atoms with Gasteiger partial charge in [-0.3, -0.25) is 0 Å².